The minimum absolute atomic E-state index is 0.231. The first-order valence-corrected chi connectivity index (χ1v) is 8.08. The van der Waals surface area contributed by atoms with Gasteiger partial charge in [-0.15, -0.1) is 0 Å². The number of aryl methyl sites for hydroxylation is 1. The van der Waals surface area contributed by atoms with Crippen molar-refractivity contribution >= 4 is 11.6 Å². The standard InChI is InChI=1S/C18H28N2O/c1-15(21)20-13-11-17(12-14-20)6-4-5-16-7-9-18(10-8-16)19(2)3/h7-10,17H,4-6,11-14H2,1-3H3. The van der Waals surface area contributed by atoms with Crippen LogP contribution in [-0.4, -0.2) is 38.0 Å². The molecule has 1 aromatic rings. The van der Waals surface area contributed by atoms with Crippen LogP contribution in [0.15, 0.2) is 24.3 Å². The molecule has 0 aromatic heterocycles. The summed E-state index contributed by atoms with van der Waals surface area (Å²) in [6.07, 6.45) is 6.08. The van der Waals surface area contributed by atoms with E-state index in [4.69, 9.17) is 0 Å². The molecule has 1 aliphatic rings. The van der Waals surface area contributed by atoms with Gasteiger partial charge in [-0.2, -0.15) is 0 Å². The Morgan fingerprint density at radius 3 is 2.33 bits per heavy atom. The van der Waals surface area contributed by atoms with Gasteiger partial charge >= 0.3 is 0 Å². The first-order valence-electron chi connectivity index (χ1n) is 8.08. The minimum atomic E-state index is 0.231. The number of hydrogen-bond acceptors (Lipinski definition) is 2. The Morgan fingerprint density at radius 2 is 1.81 bits per heavy atom. The number of hydrogen-bond donors (Lipinski definition) is 0. The van der Waals surface area contributed by atoms with Crippen LogP contribution in [0.25, 0.3) is 0 Å². The smallest absolute Gasteiger partial charge is 0.219 e. The average molecular weight is 288 g/mol. The van der Waals surface area contributed by atoms with Gasteiger partial charge in [0.05, 0.1) is 0 Å². The molecule has 0 unspecified atom stereocenters. The second kappa shape index (κ2) is 7.48. The van der Waals surface area contributed by atoms with E-state index in [1.807, 2.05) is 4.90 Å². The van der Waals surface area contributed by atoms with Crippen molar-refractivity contribution in [3.63, 3.8) is 0 Å². The molecular formula is C18H28N2O. The molecule has 116 valence electrons. The van der Waals surface area contributed by atoms with E-state index in [2.05, 4.69) is 43.3 Å². The molecule has 1 amide bonds. The maximum atomic E-state index is 11.3. The van der Waals surface area contributed by atoms with Crippen molar-refractivity contribution in [3.8, 4) is 0 Å². The summed E-state index contributed by atoms with van der Waals surface area (Å²) < 4.78 is 0. The second-order valence-electron chi connectivity index (χ2n) is 6.40. The van der Waals surface area contributed by atoms with Gasteiger partial charge in [-0.05, 0) is 55.7 Å². The average Bonchev–Trinajstić information content (AvgIpc) is 2.48. The zero-order valence-corrected chi connectivity index (χ0v) is 13.6. The normalized spacial score (nSPS) is 16.0. The molecule has 0 bridgehead atoms. The van der Waals surface area contributed by atoms with E-state index >= 15 is 0 Å². The highest BCUT2D eigenvalue weighted by Gasteiger charge is 2.20. The number of anilines is 1. The number of piperidine rings is 1. The Morgan fingerprint density at radius 1 is 1.19 bits per heavy atom. The summed E-state index contributed by atoms with van der Waals surface area (Å²) in [7, 11) is 4.14. The molecule has 2 rings (SSSR count). The molecule has 0 saturated carbocycles. The Labute approximate surface area is 128 Å². The predicted octanol–water partition coefficient (Wildman–Crippen LogP) is 3.33. The van der Waals surface area contributed by atoms with E-state index in [1.165, 1.54) is 43.4 Å². The predicted molar refractivity (Wildman–Crippen MR) is 88.7 cm³/mol. The van der Waals surface area contributed by atoms with Crippen LogP contribution in [0, 0.1) is 5.92 Å². The monoisotopic (exact) mass is 288 g/mol. The Hall–Kier alpha value is -1.51. The van der Waals surface area contributed by atoms with E-state index in [0.717, 1.165) is 19.0 Å². The number of likely N-dealkylation sites (tertiary alicyclic amines) is 1. The summed E-state index contributed by atoms with van der Waals surface area (Å²) >= 11 is 0. The molecule has 1 aliphatic heterocycles. The van der Waals surface area contributed by atoms with Gasteiger partial charge in [-0.25, -0.2) is 0 Å². The first kappa shape index (κ1) is 15.9. The molecule has 0 radical (unpaired) electrons. The molecule has 0 aliphatic carbocycles. The van der Waals surface area contributed by atoms with Crippen LogP contribution in [-0.2, 0) is 11.2 Å². The van der Waals surface area contributed by atoms with Gasteiger partial charge in [-0.1, -0.05) is 12.1 Å². The van der Waals surface area contributed by atoms with Gasteiger partial charge in [0.25, 0.3) is 0 Å². The number of benzene rings is 1. The van der Waals surface area contributed by atoms with E-state index in [0.29, 0.717) is 0 Å². The number of rotatable bonds is 5. The third kappa shape index (κ3) is 4.76. The number of amides is 1. The summed E-state index contributed by atoms with van der Waals surface area (Å²) in [6, 6.07) is 8.88. The van der Waals surface area contributed by atoms with Crippen LogP contribution in [0.4, 0.5) is 5.69 Å². The van der Waals surface area contributed by atoms with Crippen molar-refractivity contribution in [2.45, 2.75) is 39.0 Å². The van der Waals surface area contributed by atoms with Crippen molar-refractivity contribution in [1.29, 1.82) is 0 Å². The second-order valence-corrected chi connectivity index (χ2v) is 6.40. The fraction of sp³-hybridized carbons (Fsp3) is 0.611. The lowest BCUT2D eigenvalue weighted by molar-refractivity contribution is -0.130. The van der Waals surface area contributed by atoms with Crippen LogP contribution in [0.1, 0.15) is 38.2 Å². The maximum absolute atomic E-state index is 11.3. The van der Waals surface area contributed by atoms with Crippen molar-refractivity contribution in [2.75, 3.05) is 32.1 Å². The van der Waals surface area contributed by atoms with E-state index in [9.17, 15) is 4.79 Å². The Bertz CT molecular complexity index is 445. The summed E-state index contributed by atoms with van der Waals surface area (Å²) in [5.74, 6) is 1.04. The van der Waals surface area contributed by atoms with Crippen molar-refractivity contribution in [3.05, 3.63) is 29.8 Å². The Balaban J connectivity index is 1.69. The van der Waals surface area contributed by atoms with Crippen LogP contribution in [0.3, 0.4) is 0 Å². The SMILES string of the molecule is CC(=O)N1CCC(CCCc2ccc(N(C)C)cc2)CC1. The van der Waals surface area contributed by atoms with Crippen molar-refractivity contribution in [2.24, 2.45) is 5.92 Å². The first-order chi connectivity index (χ1) is 10.1. The largest absolute Gasteiger partial charge is 0.378 e. The highest BCUT2D eigenvalue weighted by Crippen LogP contribution is 2.23. The molecule has 3 nitrogen and oxygen atoms in total. The van der Waals surface area contributed by atoms with Gasteiger partial charge < -0.3 is 9.80 Å². The van der Waals surface area contributed by atoms with Crippen LogP contribution >= 0.6 is 0 Å². The van der Waals surface area contributed by atoms with Gasteiger partial charge in [0.15, 0.2) is 0 Å². The van der Waals surface area contributed by atoms with Gasteiger partial charge in [0, 0.05) is 39.8 Å². The topological polar surface area (TPSA) is 23.6 Å². The molecule has 21 heavy (non-hydrogen) atoms. The van der Waals surface area contributed by atoms with Crippen LogP contribution in [0.2, 0.25) is 0 Å². The summed E-state index contributed by atoms with van der Waals surface area (Å²) in [6.45, 7) is 3.59. The third-order valence-corrected chi connectivity index (χ3v) is 4.59. The number of carbonyl (C=O) groups is 1. The quantitative estimate of drug-likeness (QED) is 0.829. The lowest BCUT2D eigenvalue weighted by atomic mass is 9.91. The molecular weight excluding hydrogens is 260 g/mol. The summed E-state index contributed by atoms with van der Waals surface area (Å²) in [5, 5.41) is 0. The van der Waals surface area contributed by atoms with Gasteiger partial charge in [0.1, 0.15) is 0 Å². The summed E-state index contributed by atoms with van der Waals surface area (Å²) in [5.41, 5.74) is 2.69. The molecule has 1 aromatic carbocycles. The Kier molecular flexibility index (Phi) is 5.66. The third-order valence-electron chi connectivity index (χ3n) is 4.59. The zero-order valence-electron chi connectivity index (χ0n) is 13.6. The number of carbonyl (C=O) groups excluding carboxylic acids is 1. The maximum Gasteiger partial charge on any atom is 0.219 e. The molecule has 0 N–H and O–H groups in total. The van der Waals surface area contributed by atoms with E-state index < -0.39 is 0 Å². The van der Waals surface area contributed by atoms with Crippen LogP contribution in [0.5, 0.6) is 0 Å². The summed E-state index contributed by atoms with van der Waals surface area (Å²) in [4.78, 5) is 15.4. The molecule has 1 heterocycles. The fourth-order valence-corrected chi connectivity index (χ4v) is 3.09. The minimum Gasteiger partial charge on any atom is -0.378 e. The van der Waals surface area contributed by atoms with Gasteiger partial charge in [-0.3, -0.25) is 4.79 Å². The molecule has 1 fully saturated rings. The van der Waals surface area contributed by atoms with Gasteiger partial charge in [0.2, 0.25) is 5.91 Å². The fourth-order valence-electron chi connectivity index (χ4n) is 3.09. The highest BCUT2D eigenvalue weighted by molar-refractivity contribution is 5.73. The lowest BCUT2D eigenvalue weighted by Gasteiger charge is -2.31. The highest BCUT2D eigenvalue weighted by atomic mass is 16.2. The molecule has 3 heteroatoms. The molecule has 1 saturated heterocycles. The van der Waals surface area contributed by atoms with E-state index in [1.54, 1.807) is 6.92 Å². The van der Waals surface area contributed by atoms with Crippen molar-refractivity contribution < 1.29 is 4.79 Å². The lowest BCUT2D eigenvalue weighted by Crippen LogP contribution is -2.36. The molecule has 0 spiro atoms. The zero-order chi connectivity index (χ0) is 15.2. The molecule has 0 atom stereocenters. The number of nitrogens with zero attached hydrogens (tertiary/aromatic N) is 2. The van der Waals surface area contributed by atoms with Crippen LogP contribution < -0.4 is 4.90 Å². The van der Waals surface area contributed by atoms with E-state index in [-0.39, 0.29) is 5.91 Å². The van der Waals surface area contributed by atoms with Crippen molar-refractivity contribution in [1.82, 2.24) is 4.90 Å².